The lowest BCUT2D eigenvalue weighted by atomic mass is 10.2. The van der Waals surface area contributed by atoms with Gasteiger partial charge in [-0.25, -0.2) is 0 Å². The predicted molar refractivity (Wildman–Crippen MR) is 96.7 cm³/mol. The molecule has 130 valence electrons. The first-order valence-corrected chi connectivity index (χ1v) is 9.86. The first-order chi connectivity index (χ1) is 12.4. The Hall–Kier alpha value is -1.97. The molecule has 1 N–H and O–H groups in total. The molecule has 7 nitrogen and oxygen atoms in total. The number of rotatable bonds is 7. The number of hydrogen-bond donors (Lipinski definition) is 1. The van der Waals surface area contributed by atoms with E-state index < -0.39 is 0 Å². The maximum atomic E-state index is 5.69. The van der Waals surface area contributed by atoms with Crippen LogP contribution in [0.2, 0.25) is 0 Å². The van der Waals surface area contributed by atoms with E-state index in [0.717, 1.165) is 41.0 Å². The number of nitrogens with zero attached hydrogens (tertiary/aromatic N) is 4. The molecule has 3 aromatic rings. The molecule has 0 spiro atoms. The maximum Gasteiger partial charge on any atom is 0.247 e. The summed E-state index contributed by atoms with van der Waals surface area (Å²) in [6, 6.07) is 9.74. The van der Waals surface area contributed by atoms with Crippen LogP contribution in [0.4, 0.5) is 5.13 Å². The molecule has 1 atom stereocenters. The molecule has 4 rings (SSSR count). The van der Waals surface area contributed by atoms with E-state index in [-0.39, 0.29) is 6.10 Å². The standard InChI is InChI=1S/C16H17N5O2S2/c1-2-5-11(6-3-1)14-19-18-13(23-14)10-24-16-21-20-15(25-16)17-9-12-7-4-8-22-12/h1-3,5-6,12H,4,7-10H2,(H,17,20). The fourth-order valence-electron chi connectivity index (χ4n) is 2.48. The van der Waals surface area contributed by atoms with E-state index in [1.54, 1.807) is 0 Å². The zero-order valence-electron chi connectivity index (χ0n) is 13.4. The Kier molecular flexibility index (Phi) is 5.24. The molecule has 0 bridgehead atoms. The highest BCUT2D eigenvalue weighted by molar-refractivity contribution is 8.00. The SMILES string of the molecule is c1ccc(-c2nnc(CSc3nnc(NCC4CCCO4)s3)o2)cc1. The van der Waals surface area contributed by atoms with Crippen LogP contribution in [0.5, 0.6) is 0 Å². The van der Waals surface area contributed by atoms with Crippen molar-refractivity contribution in [2.75, 3.05) is 18.5 Å². The van der Waals surface area contributed by atoms with Gasteiger partial charge in [-0.2, -0.15) is 0 Å². The average molecular weight is 375 g/mol. The molecule has 0 amide bonds. The second-order valence-corrected chi connectivity index (χ2v) is 7.74. The monoisotopic (exact) mass is 375 g/mol. The number of anilines is 1. The number of benzene rings is 1. The summed E-state index contributed by atoms with van der Waals surface area (Å²) in [5, 5.41) is 20.6. The van der Waals surface area contributed by atoms with Crippen LogP contribution in [0, 0.1) is 0 Å². The molecule has 25 heavy (non-hydrogen) atoms. The summed E-state index contributed by atoms with van der Waals surface area (Å²) in [7, 11) is 0. The Balaban J connectivity index is 1.29. The lowest BCUT2D eigenvalue weighted by Crippen LogP contribution is -2.18. The molecule has 0 aliphatic carbocycles. The molecular weight excluding hydrogens is 358 g/mol. The van der Waals surface area contributed by atoms with Crippen molar-refractivity contribution in [1.29, 1.82) is 0 Å². The first kappa shape index (κ1) is 16.5. The average Bonchev–Trinajstić information content (AvgIpc) is 3.40. The minimum atomic E-state index is 0.287. The van der Waals surface area contributed by atoms with Crippen molar-refractivity contribution in [2.24, 2.45) is 0 Å². The molecule has 1 aliphatic heterocycles. The van der Waals surface area contributed by atoms with E-state index in [2.05, 4.69) is 25.7 Å². The second kappa shape index (κ2) is 7.94. The predicted octanol–water partition coefficient (Wildman–Crippen LogP) is 3.47. The normalized spacial score (nSPS) is 17.0. The Labute approximate surface area is 153 Å². The molecule has 0 saturated carbocycles. The minimum Gasteiger partial charge on any atom is -0.420 e. The van der Waals surface area contributed by atoms with Crippen molar-refractivity contribution in [3.05, 3.63) is 36.2 Å². The second-order valence-electron chi connectivity index (χ2n) is 5.54. The van der Waals surface area contributed by atoms with E-state index in [1.807, 2.05) is 30.3 Å². The zero-order chi connectivity index (χ0) is 16.9. The summed E-state index contributed by atoms with van der Waals surface area (Å²) < 4.78 is 12.2. The molecule has 3 heterocycles. The topological polar surface area (TPSA) is 86.0 Å². The van der Waals surface area contributed by atoms with Crippen LogP contribution in [0.15, 0.2) is 39.1 Å². The van der Waals surface area contributed by atoms with E-state index in [0.29, 0.717) is 17.5 Å². The summed E-state index contributed by atoms with van der Waals surface area (Å²) in [6.45, 7) is 1.64. The Morgan fingerprint density at radius 2 is 2.08 bits per heavy atom. The summed E-state index contributed by atoms with van der Waals surface area (Å²) in [5.41, 5.74) is 0.919. The molecule has 1 aromatic carbocycles. The third-order valence-electron chi connectivity index (χ3n) is 3.72. The Morgan fingerprint density at radius 3 is 2.92 bits per heavy atom. The molecule has 1 fully saturated rings. The van der Waals surface area contributed by atoms with Crippen molar-refractivity contribution >= 4 is 28.2 Å². The largest absolute Gasteiger partial charge is 0.420 e. The summed E-state index contributed by atoms with van der Waals surface area (Å²) in [5.74, 6) is 1.68. The Morgan fingerprint density at radius 1 is 1.16 bits per heavy atom. The molecule has 1 aliphatic rings. The van der Waals surface area contributed by atoms with Crippen molar-refractivity contribution < 1.29 is 9.15 Å². The number of hydrogen-bond acceptors (Lipinski definition) is 9. The van der Waals surface area contributed by atoms with Gasteiger partial charge in [0.2, 0.25) is 16.9 Å². The molecule has 0 radical (unpaired) electrons. The third kappa shape index (κ3) is 4.36. The van der Waals surface area contributed by atoms with Crippen LogP contribution in [0.1, 0.15) is 18.7 Å². The van der Waals surface area contributed by atoms with Crippen molar-refractivity contribution in [3.8, 4) is 11.5 Å². The van der Waals surface area contributed by atoms with E-state index in [4.69, 9.17) is 9.15 Å². The van der Waals surface area contributed by atoms with Gasteiger partial charge in [0.05, 0.1) is 11.9 Å². The summed E-state index contributed by atoms with van der Waals surface area (Å²) in [4.78, 5) is 0. The number of aromatic nitrogens is 4. The zero-order valence-corrected chi connectivity index (χ0v) is 15.1. The van der Waals surface area contributed by atoms with Crippen LogP contribution >= 0.6 is 23.1 Å². The van der Waals surface area contributed by atoms with Crippen LogP contribution in [0.3, 0.4) is 0 Å². The van der Waals surface area contributed by atoms with Gasteiger partial charge in [-0.15, -0.1) is 20.4 Å². The van der Waals surface area contributed by atoms with Gasteiger partial charge in [0.25, 0.3) is 0 Å². The molecular formula is C16H17N5O2S2. The first-order valence-electron chi connectivity index (χ1n) is 8.06. The highest BCUT2D eigenvalue weighted by atomic mass is 32.2. The number of ether oxygens (including phenoxy) is 1. The van der Waals surface area contributed by atoms with Gasteiger partial charge in [0.15, 0.2) is 4.34 Å². The van der Waals surface area contributed by atoms with Gasteiger partial charge < -0.3 is 14.5 Å². The van der Waals surface area contributed by atoms with Gasteiger partial charge in [-0.3, -0.25) is 0 Å². The van der Waals surface area contributed by atoms with E-state index in [1.165, 1.54) is 23.1 Å². The molecule has 2 aromatic heterocycles. The van der Waals surface area contributed by atoms with Crippen LogP contribution in [-0.2, 0) is 10.5 Å². The van der Waals surface area contributed by atoms with Crippen LogP contribution in [-0.4, -0.2) is 39.7 Å². The maximum absolute atomic E-state index is 5.69. The lowest BCUT2D eigenvalue weighted by molar-refractivity contribution is 0.120. The molecule has 1 saturated heterocycles. The molecule has 1 unspecified atom stereocenters. The van der Waals surface area contributed by atoms with Gasteiger partial charge in [0.1, 0.15) is 0 Å². The number of thioether (sulfide) groups is 1. The van der Waals surface area contributed by atoms with Gasteiger partial charge in [-0.1, -0.05) is 41.3 Å². The fraction of sp³-hybridized carbons (Fsp3) is 0.375. The number of nitrogens with one attached hydrogen (secondary N) is 1. The Bertz CT molecular complexity index is 802. The summed E-state index contributed by atoms with van der Waals surface area (Å²) >= 11 is 3.06. The van der Waals surface area contributed by atoms with Gasteiger partial charge in [-0.05, 0) is 25.0 Å². The van der Waals surface area contributed by atoms with Crippen molar-refractivity contribution in [3.63, 3.8) is 0 Å². The quantitative estimate of drug-likeness (QED) is 0.628. The van der Waals surface area contributed by atoms with Crippen molar-refractivity contribution in [2.45, 2.75) is 29.0 Å². The van der Waals surface area contributed by atoms with Crippen molar-refractivity contribution in [1.82, 2.24) is 20.4 Å². The smallest absolute Gasteiger partial charge is 0.247 e. The van der Waals surface area contributed by atoms with Crippen LogP contribution < -0.4 is 5.32 Å². The third-order valence-corrected chi connectivity index (χ3v) is 5.72. The highest BCUT2D eigenvalue weighted by Gasteiger charge is 2.16. The van der Waals surface area contributed by atoms with E-state index in [9.17, 15) is 0 Å². The molecule has 9 heteroatoms. The fourth-order valence-corrected chi connectivity index (χ4v) is 4.07. The minimum absolute atomic E-state index is 0.287. The van der Waals surface area contributed by atoms with Crippen LogP contribution in [0.25, 0.3) is 11.5 Å². The van der Waals surface area contributed by atoms with Gasteiger partial charge in [0, 0.05) is 18.7 Å². The summed E-state index contributed by atoms with van der Waals surface area (Å²) in [6.07, 6.45) is 2.53. The lowest BCUT2D eigenvalue weighted by Gasteiger charge is -2.08. The van der Waals surface area contributed by atoms with E-state index >= 15 is 0 Å². The highest BCUT2D eigenvalue weighted by Crippen LogP contribution is 2.29. The van der Waals surface area contributed by atoms with Gasteiger partial charge >= 0.3 is 0 Å².